The molecule has 0 unspecified atom stereocenters. The topological polar surface area (TPSA) is 55.6 Å². The van der Waals surface area contributed by atoms with Crippen LogP contribution in [0.5, 0.6) is 0 Å². The Balaban J connectivity index is 1.65. The van der Waals surface area contributed by atoms with Crippen molar-refractivity contribution in [3.63, 3.8) is 0 Å². The highest BCUT2D eigenvalue weighted by Crippen LogP contribution is 2.26. The second-order valence-corrected chi connectivity index (χ2v) is 7.41. The number of aromatic nitrogens is 4. The van der Waals surface area contributed by atoms with Gasteiger partial charge in [-0.2, -0.15) is 5.10 Å². The van der Waals surface area contributed by atoms with Gasteiger partial charge in [-0.15, -0.1) is 0 Å². The van der Waals surface area contributed by atoms with Crippen LogP contribution in [0.3, 0.4) is 0 Å². The predicted molar refractivity (Wildman–Crippen MR) is 114 cm³/mol. The molecule has 0 aliphatic carbocycles. The Morgan fingerprint density at radius 2 is 1.61 bits per heavy atom. The Bertz CT molecular complexity index is 1120. The Hall–Kier alpha value is -2.60. The Morgan fingerprint density at radius 1 is 0.893 bits per heavy atom. The summed E-state index contributed by atoms with van der Waals surface area (Å²) in [5, 5.41) is 9.46. The first-order valence-corrected chi connectivity index (χ1v) is 9.50. The van der Waals surface area contributed by atoms with Crippen LogP contribution >= 0.6 is 34.8 Å². The number of aryl methyl sites for hydroxylation is 1. The smallest absolute Gasteiger partial charge is 0.227 e. The normalized spacial score (nSPS) is 10.9. The minimum absolute atomic E-state index is 0.439. The lowest BCUT2D eigenvalue weighted by Gasteiger charge is -2.07. The third-order valence-corrected chi connectivity index (χ3v) is 4.73. The van der Waals surface area contributed by atoms with E-state index in [0.717, 1.165) is 22.6 Å². The van der Waals surface area contributed by atoms with Gasteiger partial charge in [-0.25, -0.2) is 14.6 Å². The molecule has 2 heterocycles. The Kier molecular flexibility index (Phi) is 5.22. The Morgan fingerprint density at radius 3 is 2.32 bits per heavy atom. The van der Waals surface area contributed by atoms with Crippen molar-refractivity contribution in [1.82, 2.24) is 19.7 Å². The first kappa shape index (κ1) is 18.7. The van der Waals surface area contributed by atoms with Crippen LogP contribution in [0, 0.1) is 6.92 Å². The zero-order valence-electron chi connectivity index (χ0n) is 14.7. The van der Waals surface area contributed by atoms with Crippen LogP contribution in [0.2, 0.25) is 15.1 Å². The van der Waals surface area contributed by atoms with Gasteiger partial charge in [-0.05, 0) is 55.5 Å². The van der Waals surface area contributed by atoms with Crippen molar-refractivity contribution in [3.8, 4) is 16.9 Å². The van der Waals surface area contributed by atoms with Gasteiger partial charge < -0.3 is 5.32 Å². The maximum absolute atomic E-state index is 6.05. The Labute approximate surface area is 176 Å². The van der Waals surface area contributed by atoms with E-state index in [1.54, 1.807) is 29.1 Å². The van der Waals surface area contributed by atoms with E-state index in [-0.39, 0.29) is 0 Å². The van der Waals surface area contributed by atoms with Crippen molar-refractivity contribution in [2.45, 2.75) is 6.92 Å². The summed E-state index contributed by atoms with van der Waals surface area (Å²) in [6.07, 6.45) is 3.62. The SMILES string of the molecule is Cc1nn(-c2ccc(Cl)cc2)cc1-c1ccnc(Nc2cc(Cl)cc(Cl)c2)n1. The molecular weight excluding hydrogens is 417 g/mol. The van der Waals surface area contributed by atoms with Gasteiger partial charge in [0.25, 0.3) is 0 Å². The van der Waals surface area contributed by atoms with Crippen molar-refractivity contribution in [3.05, 3.63) is 81.7 Å². The molecular formula is C20H14Cl3N5. The fourth-order valence-corrected chi connectivity index (χ4v) is 3.41. The lowest BCUT2D eigenvalue weighted by molar-refractivity contribution is 0.863. The highest BCUT2D eigenvalue weighted by molar-refractivity contribution is 6.35. The number of nitrogens with one attached hydrogen (secondary N) is 1. The average Bonchev–Trinajstić information content (AvgIpc) is 3.03. The van der Waals surface area contributed by atoms with E-state index in [1.807, 2.05) is 43.5 Å². The van der Waals surface area contributed by atoms with E-state index in [9.17, 15) is 0 Å². The number of hydrogen-bond donors (Lipinski definition) is 1. The van der Waals surface area contributed by atoms with E-state index in [0.29, 0.717) is 26.7 Å². The monoisotopic (exact) mass is 429 g/mol. The van der Waals surface area contributed by atoms with Crippen LogP contribution in [0.15, 0.2) is 60.9 Å². The largest absolute Gasteiger partial charge is 0.324 e. The third kappa shape index (κ3) is 4.12. The van der Waals surface area contributed by atoms with Gasteiger partial charge in [-0.1, -0.05) is 34.8 Å². The molecule has 2 aromatic heterocycles. The summed E-state index contributed by atoms with van der Waals surface area (Å²) in [6, 6.07) is 14.5. The highest BCUT2D eigenvalue weighted by Gasteiger charge is 2.11. The maximum Gasteiger partial charge on any atom is 0.227 e. The summed E-state index contributed by atoms with van der Waals surface area (Å²) >= 11 is 18.1. The molecule has 4 rings (SSSR count). The van der Waals surface area contributed by atoms with Crippen LogP contribution in [-0.2, 0) is 0 Å². The van der Waals surface area contributed by atoms with E-state index < -0.39 is 0 Å². The number of rotatable bonds is 4. The summed E-state index contributed by atoms with van der Waals surface area (Å²) in [5.74, 6) is 0.439. The average molecular weight is 431 g/mol. The molecule has 140 valence electrons. The molecule has 0 saturated heterocycles. The number of hydrogen-bond acceptors (Lipinski definition) is 4. The fourth-order valence-electron chi connectivity index (χ4n) is 2.76. The third-order valence-electron chi connectivity index (χ3n) is 4.04. The summed E-state index contributed by atoms with van der Waals surface area (Å²) in [6.45, 7) is 1.94. The van der Waals surface area contributed by atoms with E-state index >= 15 is 0 Å². The summed E-state index contributed by atoms with van der Waals surface area (Å²) < 4.78 is 1.80. The molecule has 0 fully saturated rings. The second kappa shape index (κ2) is 7.80. The van der Waals surface area contributed by atoms with Crippen LogP contribution in [0.1, 0.15) is 5.69 Å². The molecule has 2 aromatic carbocycles. The van der Waals surface area contributed by atoms with Crippen molar-refractivity contribution in [1.29, 1.82) is 0 Å². The van der Waals surface area contributed by atoms with Gasteiger partial charge >= 0.3 is 0 Å². The zero-order valence-corrected chi connectivity index (χ0v) is 17.0. The van der Waals surface area contributed by atoms with Crippen molar-refractivity contribution in [2.75, 3.05) is 5.32 Å². The molecule has 0 spiro atoms. The molecule has 1 N–H and O–H groups in total. The second-order valence-electron chi connectivity index (χ2n) is 6.10. The number of nitrogens with zero attached hydrogens (tertiary/aromatic N) is 4. The molecule has 0 radical (unpaired) electrons. The minimum Gasteiger partial charge on any atom is -0.324 e. The molecule has 0 bridgehead atoms. The minimum atomic E-state index is 0.439. The van der Waals surface area contributed by atoms with E-state index in [1.165, 1.54) is 0 Å². The molecule has 0 saturated carbocycles. The molecule has 0 atom stereocenters. The molecule has 8 heteroatoms. The van der Waals surface area contributed by atoms with Crippen molar-refractivity contribution in [2.24, 2.45) is 0 Å². The van der Waals surface area contributed by atoms with Crippen molar-refractivity contribution >= 4 is 46.4 Å². The number of benzene rings is 2. The van der Waals surface area contributed by atoms with E-state index in [4.69, 9.17) is 34.8 Å². The molecule has 0 aliphatic heterocycles. The van der Waals surface area contributed by atoms with Crippen LogP contribution < -0.4 is 5.32 Å². The summed E-state index contributed by atoms with van der Waals surface area (Å²) in [5.41, 5.74) is 4.14. The van der Waals surface area contributed by atoms with Crippen LogP contribution in [0.25, 0.3) is 16.9 Å². The lowest BCUT2D eigenvalue weighted by Crippen LogP contribution is -1.98. The highest BCUT2D eigenvalue weighted by atomic mass is 35.5. The summed E-state index contributed by atoms with van der Waals surface area (Å²) in [7, 11) is 0. The van der Waals surface area contributed by atoms with E-state index in [2.05, 4.69) is 20.4 Å². The standard InChI is InChI=1S/C20H14Cl3N5/c1-12-18(11-28(27-12)17-4-2-13(21)3-5-17)19-6-7-24-20(26-19)25-16-9-14(22)8-15(23)10-16/h2-11H,1H3,(H,24,25,26). The van der Waals surface area contributed by atoms with Gasteiger partial charge in [0, 0.05) is 38.7 Å². The number of anilines is 2. The first-order valence-electron chi connectivity index (χ1n) is 8.37. The number of halogens is 3. The van der Waals surface area contributed by atoms with Gasteiger partial charge in [-0.3, -0.25) is 0 Å². The van der Waals surface area contributed by atoms with Crippen LogP contribution in [-0.4, -0.2) is 19.7 Å². The quantitative estimate of drug-likeness (QED) is 0.410. The van der Waals surface area contributed by atoms with Gasteiger partial charge in [0.15, 0.2) is 0 Å². The molecule has 0 amide bonds. The summed E-state index contributed by atoms with van der Waals surface area (Å²) in [4.78, 5) is 8.87. The zero-order chi connectivity index (χ0) is 19.7. The lowest BCUT2D eigenvalue weighted by atomic mass is 10.2. The molecule has 5 nitrogen and oxygen atoms in total. The molecule has 4 aromatic rings. The van der Waals surface area contributed by atoms with Crippen molar-refractivity contribution < 1.29 is 0 Å². The van der Waals surface area contributed by atoms with Gasteiger partial charge in [0.1, 0.15) is 0 Å². The van der Waals surface area contributed by atoms with Gasteiger partial charge in [0.05, 0.1) is 17.1 Å². The van der Waals surface area contributed by atoms with Crippen LogP contribution in [0.4, 0.5) is 11.6 Å². The maximum atomic E-state index is 6.05. The first-order chi connectivity index (χ1) is 13.5. The van der Waals surface area contributed by atoms with Gasteiger partial charge in [0.2, 0.25) is 5.95 Å². The fraction of sp³-hybridized carbons (Fsp3) is 0.0500. The molecule has 0 aliphatic rings. The molecule has 28 heavy (non-hydrogen) atoms. The predicted octanol–water partition coefficient (Wildman–Crippen LogP) is 6.34.